The van der Waals surface area contributed by atoms with Crippen molar-refractivity contribution in [1.29, 1.82) is 0 Å². The van der Waals surface area contributed by atoms with Gasteiger partial charge in [0.25, 0.3) is 0 Å². The van der Waals surface area contributed by atoms with Gasteiger partial charge in [0.1, 0.15) is 0 Å². The van der Waals surface area contributed by atoms with Gasteiger partial charge in [0.15, 0.2) is 0 Å². The van der Waals surface area contributed by atoms with Gasteiger partial charge in [-0.15, -0.1) is 0 Å². The lowest BCUT2D eigenvalue weighted by molar-refractivity contribution is -0.132. The van der Waals surface area contributed by atoms with Crippen molar-refractivity contribution >= 4 is 5.91 Å². The number of carbonyl (C=O) groups is 1. The van der Waals surface area contributed by atoms with Gasteiger partial charge < -0.3 is 10.2 Å². The van der Waals surface area contributed by atoms with Gasteiger partial charge in [-0.25, -0.2) is 0 Å². The molecule has 1 aliphatic carbocycles. The van der Waals surface area contributed by atoms with Crippen LogP contribution in [0.5, 0.6) is 0 Å². The number of piperidine rings is 1. The van der Waals surface area contributed by atoms with Gasteiger partial charge in [-0.05, 0) is 50.4 Å². The number of hydrogen-bond acceptors (Lipinski definition) is 2. The summed E-state index contributed by atoms with van der Waals surface area (Å²) in [6.07, 6.45) is 11.1. The zero-order valence-corrected chi connectivity index (χ0v) is 14.1. The average molecular weight is 294 g/mol. The predicted molar refractivity (Wildman–Crippen MR) is 88.3 cm³/mol. The smallest absolute Gasteiger partial charge is 0.223 e. The largest absolute Gasteiger partial charge is 0.343 e. The normalized spacial score (nSPS) is 27.1. The van der Waals surface area contributed by atoms with Crippen molar-refractivity contribution in [3.05, 3.63) is 0 Å². The number of likely N-dealkylation sites (tertiary alicyclic amines) is 1. The summed E-state index contributed by atoms with van der Waals surface area (Å²) >= 11 is 0. The molecule has 0 aromatic heterocycles. The fraction of sp³-hybridized carbons (Fsp3) is 0.944. The van der Waals surface area contributed by atoms with E-state index in [9.17, 15) is 4.79 Å². The molecule has 0 aromatic rings. The monoisotopic (exact) mass is 294 g/mol. The van der Waals surface area contributed by atoms with Crippen LogP contribution in [0.15, 0.2) is 0 Å². The van der Waals surface area contributed by atoms with Crippen LogP contribution in [0.4, 0.5) is 0 Å². The first-order valence-corrected chi connectivity index (χ1v) is 9.16. The summed E-state index contributed by atoms with van der Waals surface area (Å²) in [6, 6.07) is 0.650. The topological polar surface area (TPSA) is 32.3 Å². The van der Waals surface area contributed by atoms with E-state index in [1.54, 1.807) is 0 Å². The van der Waals surface area contributed by atoms with Crippen LogP contribution in [0.1, 0.15) is 71.6 Å². The highest BCUT2D eigenvalue weighted by Gasteiger charge is 2.22. The summed E-state index contributed by atoms with van der Waals surface area (Å²) in [5.41, 5.74) is 0. The molecule has 3 heteroatoms. The van der Waals surface area contributed by atoms with Gasteiger partial charge in [0.05, 0.1) is 0 Å². The average Bonchev–Trinajstić information content (AvgIpc) is 2.48. The van der Waals surface area contributed by atoms with E-state index in [1.165, 1.54) is 51.4 Å². The summed E-state index contributed by atoms with van der Waals surface area (Å²) in [4.78, 5) is 14.2. The number of nitrogens with one attached hydrogen (secondary N) is 1. The number of rotatable bonds is 6. The van der Waals surface area contributed by atoms with Crippen molar-refractivity contribution < 1.29 is 4.79 Å². The Hall–Kier alpha value is -0.570. The number of nitrogens with zero attached hydrogens (tertiary/aromatic N) is 1. The van der Waals surface area contributed by atoms with Gasteiger partial charge >= 0.3 is 0 Å². The summed E-state index contributed by atoms with van der Waals surface area (Å²) in [6.45, 7) is 7.49. The highest BCUT2D eigenvalue weighted by molar-refractivity contribution is 5.76. The number of amides is 1. The second-order valence-corrected chi connectivity index (χ2v) is 7.50. The Morgan fingerprint density at radius 2 is 1.90 bits per heavy atom. The van der Waals surface area contributed by atoms with Crippen LogP contribution in [0.25, 0.3) is 0 Å². The molecule has 2 unspecified atom stereocenters. The van der Waals surface area contributed by atoms with Crippen molar-refractivity contribution in [3.63, 3.8) is 0 Å². The first-order chi connectivity index (χ1) is 10.1. The molecule has 1 heterocycles. The van der Waals surface area contributed by atoms with Crippen LogP contribution in [0.2, 0.25) is 0 Å². The highest BCUT2D eigenvalue weighted by Crippen LogP contribution is 2.29. The van der Waals surface area contributed by atoms with E-state index in [0.29, 0.717) is 18.4 Å². The third kappa shape index (κ3) is 5.98. The van der Waals surface area contributed by atoms with Gasteiger partial charge in [0, 0.05) is 32.1 Å². The molecule has 1 N–H and O–H groups in total. The van der Waals surface area contributed by atoms with Crippen molar-refractivity contribution in [2.24, 2.45) is 11.8 Å². The van der Waals surface area contributed by atoms with Crippen molar-refractivity contribution in [2.75, 3.05) is 19.6 Å². The SMILES string of the molecule is CC(C)CC1CCCC(NCCC(=O)N2CCCCC2)C1. The molecule has 2 rings (SSSR count). The molecule has 0 spiro atoms. The zero-order chi connectivity index (χ0) is 15.1. The van der Waals surface area contributed by atoms with Gasteiger partial charge in [-0.3, -0.25) is 4.79 Å². The minimum absolute atomic E-state index is 0.358. The Morgan fingerprint density at radius 3 is 2.62 bits per heavy atom. The summed E-state index contributed by atoms with van der Waals surface area (Å²) < 4.78 is 0. The quantitative estimate of drug-likeness (QED) is 0.812. The number of hydrogen-bond donors (Lipinski definition) is 1. The summed E-state index contributed by atoms with van der Waals surface area (Å²) in [5, 5.41) is 3.65. The van der Waals surface area contributed by atoms with Gasteiger partial charge in [-0.2, -0.15) is 0 Å². The third-order valence-electron chi connectivity index (χ3n) is 5.07. The minimum atomic E-state index is 0.358. The van der Waals surface area contributed by atoms with Crippen molar-refractivity contribution in [2.45, 2.75) is 77.7 Å². The molecule has 2 fully saturated rings. The lowest BCUT2D eigenvalue weighted by Gasteiger charge is -2.31. The summed E-state index contributed by atoms with van der Waals surface area (Å²) in [5.74, 6) is 2.07. The summed E-state index contributed by atoms with van der Waals surface area (Å²) in [7, 11) is 0. The Morgan fingerprint density at radius 1 is 1.14 bits per heavy atom. The van der Waals surface area contributed by atoms with Crippen LogP contribution in [-0.2, 0) is 4.79 Å². The zero-order valence-electron chi connectivity index (χ0n) is 14.1. The van der Waals surface area contributed by atoms with Crippen LogP contribution in [0.3, 0.4) is 0 Å². The van der Waals surface area contributed by atoms with E-state index in [-0.39, 0.29) is 0 Å². The van der Waals surface area contributed by atoms with E-state index in [2.05, 4.69) is 24.1 Å². The lowest BCUT2D eigenvalue weighted by atomic mass is 9.81. The molecule has 2 aliphatic rings. The Labute approximate surface area is 130 Å². The molecule has 0 aromatic carbocycles. The van der Waals surface area contributed by atoms with E-state index in [1.807, 2.05) is 0 Å². The second kappa shape index (κ2) is 8.77. The first-order valence-electron chi connectivity index (χ1n) is 9.16. The molecule has 0 radical (unpaired) electrons. The predicted octanol–water partition coefficient (Wildman–Crippen LogP) is 3.58. The van der Waals surface area contributed by atoms with E-state index in [0.717, 1.165) is 31.5 Å². The Balaban J connectivity index is 1.62. The lowest BCUT2D eigenvalue weighted by Crippen LogP contribution is -2.39. The van der Waals surface area contributed by atoms with Crippen LogP contribution >= 0.6 is 0 Å². The molecule has 21 heavy (non-hydrogen) atoms. The molecule has 1 amide bonds. The maximum Gasteiger partial charge on any atom is 0.223 e. The fourth-order valence-corrected chi connectivity index (χ4v) is 4.04. The molecular weight excluding hydrogens is 260 g/mol. The highest BCUT2D eigenvalue weighted by atomic mass is 16.2. The number of carbonyl (C=O) groups excluding carboxylic acids is 1. The van der Waals surface area contributed by atoms with E-state index >= 15 is 0 Å². The van der Waals surface area contributed by atoms with Crippen molar-refractivity contribution in [1.82, 2.24) is 10.2 Å². The molecule has 122 valence electrons. The van der Waals surface area contributed by atoms with Crippen LogP contribution < -0.4 is 5.32 Å². The molecule has 1 aliphatic heterocycles. The standard InChI is InChI=1S/C18H34N2O/c1-15(2)13-16-7-6-8-17(14-16)19-10-9-18(21)20-11-4-3-5-12-20/h15-17,19H,3-14H2,1-2H3. The Kier molecular flexibility index (Phi) is 7.01. The molecule has 0 bridgehead atoms. The van der Waals surface area contributed by atoms with Crippen LogP contribution in [-0.4, -0.2) is 36.5 Å². The molecular formula is C18H34N2O. The molecule has 1 saturated carbocycles. The third-order valence-corrected chi connectivity index (χ3v) is 5.07. The van der Waals surface area contributed by atoms with E-state index < -0.39 is 0 Å². The maximum atomic E-state index is 12.1. The minimum Gasteiger partial charge on any atom is -0.343 e. The first kappa shape index (κ1) is 16.8. The Bertz CT molecular complexity index is 310. The fourth-order valence-electron chi connectivity index (χ4n) is 4.04. The molecule has 3 nitrogen and oxygen atoms in total. The second-order valence-electron chi connectivity index (χ2n) is 7.50. The molecule has 1 saturated heterocycles. The maximum absolute atomic E-state index is 12.1. The van der Waals surface area contributed by atoms with Crippen molar-refractivity contribution in [3.8, 4) is 0 Å². The van der Waals surface area contributed by atoms with Crippen LogP contribution in [0, 0.1) is 11.8 Å². The molecule has 2 atom stereocenters. The van der Waals surface area contributed by atoms with Gasteiger partial charge in [-0.1, -0.05) is 26.7 Å². The van der Waals surface area contributed by atoms with E-state index in [4.69, 9.17) is 0 Å². The van der Waals surface area contributed by atoms with Gasteiger partial charge in [0.2, 0.25) is 5.91 Å².